The Morgan fingerprint density at radius 1 is 1.29 bits per heavy atom. The number of hydrogen-bond donors (Lipinski definition) is 0. The molecule has 0 aromatic carbocycles. The molecule has 2 aliphatic carbocycles. The maximum atomic E-state index is 12.2. The van der Waals surface area contributed by atoms with Crippen molar-refractivity contribution in [2.24, 2.45) is 23.2 Å². The van der Waals surface area contributed by atoms with Crippen LogP contribution in [0.1, 0.15) is 40.0 Å². The number of allylic oxidation sites excluding steroid dienone is 2. The van der Waals surface area contributed by atoms with Gasteiger partial charge < -0.3 is 0 Å². The number of hydrogen-bond acceptors (Lipinski definition) is 1. The van der Waals surface area contributed by atoms with Crippen LogP contribution in [0.4, 0.5) is 0 Å². The van der Waals surface area contributed by atoms with E-state index in [-0.39, 0.29) is 5.41 Å². The Morgan fingerprint density at radius 3 is 2.64 bits per heavy atom. The van der Waals surface area contributed by atoms with E-state index in [1.807, 2.05) is 20.8 Å². The van der Waals surface area contributed by atoms with Gasteiger partial charge in [0.1, 0.15) is 5.78 Å². The number of Topliss-reactive ketones (excluding diaryl/α,β-unsaturated/α-hetero) is 1. The van der Waals surface area contributed by atoms with Gasteiger partial charge in [-0.15, -0.1) is 0 Å². The second-order valence-electron chi connectivity index (χ2n) is 5.80. The average molecular weight is 192 g/mol. The lowest BCUT2D eigenvalue weighted by atomic mass is 9.78. The monoisotopic (exact) mass is 192 g/mol. The van der Waals surface area contributed by atoms with Crippen LogP contribution in [-0.2, 0) is 4.79 Å². The molecule has 0 amide bonds. The molecule has 3 atom stereocenters. The van der Waals surface area contributed by atoms with E-state index < -0.39 is 0 Å². The fraction of sp³-hybridized carbons (Fsp3) is 0.769. The minimum atomic E-state index is -0.157. The SMILES string of the molecule is CC(C)(C)C(=O)[C@@H]1CC[C@H]2CC=C[C@H]21. The quantitative estimate of drug-likeness (QED) is 0.583. The number of carbonyl (C=O) groups excluding carboxylic acids is 1. The molecule has 1 saturated carbocycles. The maximum Gasteiger partial charge on any atom is 0.141 e. The van der Waals surface area contributed by atoms with Crippen molar-refractivity contribution in [2.75, 3.05) is 0 Å². The Hall–Kier alpha value is -0.590. The molecule has 0 aromatic rings. The summed E-state index contributed by atoms with van der Waals surface area (Å²) in [6, 6.07) is 0. The summed E-state index contributed by atoms with van der Waals surface area (Å²) in [5.74, 6) is 2.14. The lowest BCUT2D eigenvalue weighted by Gasteiger charge is -2.24. The summed E-state index contributed by atoms with van der Waals surface area (Å²) < 4.78 is 0. The lowest BCUT2D eigenvalue weighted by Crippen LogP contribution is -2.30. The van der Waals surface area contributed by atoms with Gasteiger partial charge in [0.15, 0.2) is 0 Å². The first-order chi connectivity index (χ1) is 6.50. The fourth-order valence-electron chi connectivity index (χ4n) is 2.95. The van der Waals surface area contributed by atoms with Gasteiger partial charge in [-0.1, -0.05) is 32.9 Å². The highest BCUT2D eigenvalue weighted by Gasteiger charge is 2.42. The number of rotatable bonds is 1. The molecule has 1 heteroatoms. The smallest absolute Gasteiger partial charge is 0.141 e. The fourth-order valence-corrected chi connectivity index (χ4v) is 2.95. The Kier molecular flexibility index (Phi) is 2.29. The molecule has 0 radical (unpaired) electrons. The first kappa shape index (κ1) is 9.95. The van der Waals surface area contributed by atoms with Gasteiger partial charge in [-0.2, -0.15) is 0 Å². The normalized spacial score (nSPS) is 36.1. The molecule has 2 aliphatic rings. The molecular weight excluding hydrogens is 172 g/mol. The summed E-state index contributed by atoms with van der Waals surface area (Å²) in [6.07, 6.45) is 8.13. The number of ketones is 1. The zero-order valence-electron chi connectivity index (χ0n) is 9.42. The molecule has 0 aromatic heterocycles. The van der Waals surface area contributed by atoms with Crippen molar-refractivity contribution in [1.82, 2.24) is 0 Å². The summed E-state index contributed by atoms with van der Waals surface area (Å²) in [5, 5.41) is 0. The molecular formula is C13H20O. The van der Waals surface area contributed by atoms with Crippen molar-refractivity contribution in [3.63, 3.8) is 0 Å². The van der Waals surface area contributed by atoms with Gasteiger partial charge in [-0.25, -0.2) is 0 Å². The first-order valence-corrected chi connectivity index (χ1v) is 5.71. The van der Waals surface area contributed by atoms with E-state index in [1.165, 1.54) is 12.8 Å². The van der Waals surface area contributed by atoms with Crippen LogP contribution in [0.15, 0.2) is 12.2 Å². The Morgan fingerprint density at radius 2 is 2.00 bits per heavy atom. The Labute approximate surface area is 86.6 Å². The van der Waals surface area contributed by atoms with E-state index in [4.69, 9.17) is 0 Å². The molecule has 0 spiro atoms. The zero-order valence-corrected chi connectivity index (χ0v) is 9.42. The van der Waals surface area contributed by atoms with Crippen LogP contribution >= 0.6 is 0 Å². The van der Waals surface area contributed by atoms with Gasteiger partial charge in [-0.3, -0.25) is 4.79 Å². The van der Waals surface area contributed by atoms with Crippen LogP contribution in [0.25, 0.3) is 0 Å². The lowest BCUT2D eigenvalue weighted by molar-refractivity contribution is -0.131. The summed E-state index contributed by atoms with van der Waals surface area (Å²) in [5.41, 5.74) is -0.157. The Bertz CT molecular complexity index is 269. The van der Waals surface area contributed by atoms with E-state index in [2.05, 4.69) is 12.2 Å². The Balaban J connectivity index is 2.13. The van der Waals surface area contributed by atoms with E-state index in [9.17, 15) is 4.79 Å². The maximum absolute atomic E-state index is 12.2. The third-order valence-corrected chi connectivity index (χ3v) is 3.73. The van der Waals surface area contributed by atoms with Crippen LogP contribution in [0.2, 0.25) is 0 Å². The van der Waals surface area contributed by atoms with Crippen molar-refractivity contribution >= 4 is 5.78 Å². The van der Waals surface area contributed by atoms with Crippen LogP contribution in [0, 0.1) is 23.2 Å². The average Bonchev–Trinajstić information content (AvgIpc) is 2.59. The standard InChI is InChI=1S/C13H20O/c1-13(2,3)12(14)11-8-7-9-5-4-6-10(9)11/h4,6,9-11H,5,7-8H2,1-3H3/t9-,10-,11-/m1/s1. The van der Waals surface area contributed by atoms with E-state index >= 15 is 0 Å². The predicted molar refractivity (Wildman–Crippen MR) is 57.9 cm³/mol. The first-order valence-electron chi connectivity index (χ1n) is 5.71. The van der Waals surface area contributed by atoms with E-state index in [0.717, 1.165) is 12.3 Å². The van der Waals surface area contributed by atoms with Crippen LogP contribution < -0.4 is 0 Å². The second kappa shape index (κ2) is 3.22. The minimum Gasteiger partial charge on any atom is -0.299 e. The molecule has 0 unspecified atom stereocenters. The molecule has 14 heavy (non-hydrogen) atoms. The van der Waals surface area contributed by atoms with Crippen molar-refractivity contribution in [3.05, 3.63) is 12.2 Å². The molecule has 0 bridgehead atoms. The summed E-state index contributed by atoms with van der Waals surface area (Å²) in [4.78, 5) is 12.2. The molecule has 0 saturated heterocycles. The van der Waals surface area contributed by atoms with Gasteiger partial charge in [0.25, 0.3) is 0 Å². The highest BCUT2D eigenvalue weighted by atomic mass is 16.1. The highest BCUT2D eigenvalue weighted by Crippen LogP contribution is 2.46. The molecule has 0 aliphatic heterocycles. The highest BCUT2D eigenvalue weighted by molar-refractivity contribution is 5.86. The molecule has 0 N–H and O–H groups in total. The van der Waals surface area contributed by atoms with E-state index in [1.54, 1.807) is 0 Å². The second-order valence-corrected chi connectivity index (χ2v) is 5.80. The van der Waals surface area contributed by atoms with Crippen LogP contribution in [0.5, 0.6) is 0 Å². The van der Waals surface area contributed by atoms with Gasteiger partial charge in [-0.05, 0) is 31.1 Å². The zero-order chi connectivity index (χ0) is 10.3. The van der Waals surface area contributed by atoms with Crippen molar-refractivity contribution in [3.8, 4) is 0 Å². The van der Waals surface area contributed by atoms with Gasteiger partial charge >= 0.3 is 0 Å². The molecule has 2 rings (SSSR count). The molecule has 1 nitrogen and oxygen atoms in total. The minimum absolute atomic E-state index is 0.157. The molecule has 0 heterocycles. The molecule has 1 fully saturated rings. The van der Waals surface area contributed by atoms with Crippen LogP contribution in [0.3, 0.4) is 0 Å². The topological polar surface area (TPSA) is 17.1 Å². The third kappa shape index (κ3) is 1.53. The molecule has 78 valence electrons. The summed E-state index contributed by atoms with van der Waals surface area (Å²) in [6.45, 7) is 6.13. The number of fused-ring (bicyclic) bond motifs is 1. The largest absolute Gasteiger partial charge is 0.299 e. The predicted octanol–water partition coefficient (Wildman–Crippen LogP) is 3.20. The van der Waals surface area contributed by atoms with Crippen molar-refractivity contribution in [2.45, 2.75) is 40.0 Å². The van der Waals surface area contributed by atoms with Gasteiger partial charge in [0.05, 0.1) is 0 Å². The van der Waals surface area contributed by atoms with Crippen LogP contribution in [-0.4, -0.2) is 5.78 Å². The van der Waals surface area contributed by atoms with Crippen molar-refractivity contribution < 1.29 is 4.79 Å². The number of carbonyl (C=O) groups is 1. The van der Waals surface area contributed by atoms with Gasteiger partial charge in [0, 0.05) is 11.3 Å². The van der Waals surface area contributed by atoms with Gasteiger partial charge in [0.2, 0.25) is 0 Å². The third-order valence-electron chi connectivity index (χ3n) is 3.73. The van der Waals surface area contributed by atoms with E-state index in [0.29, 0.717) is 17.6 Å². The summed E-state index contributed by atoms with van der Waals surface area (Å²) >= 11 is 0. The van der Waals surface area contributed by atoms with Crippen molar-refractivity contribution in [1.29, 1.82) is 0 Å². The summed E-state index contributed by atoms with van der Waals surface area (Å²) in [7, 11) is 0.